The van der Waals surface area contributed by atoms with Crippen molar-refractivity contribution in [3.8, 4) is 5.75 Å². The SMILES string of the molecule is CC.CC(C)C.CCCC(C)C(C)O.Cc1ccccc1O.Fc1ccc2c(c1)CCC2. The Kier molecular flexibility index (Phi) is 20.0. The normalized spacial score (nSPS) is 12.9. The lowest BCUT2D eigenvalue weighted by molar-refractivity contribution is 0.129. The van der Waals surface area contributed by atoms with E-state index in [4.69, 9.17) is 10.2 Å². The van der Waals surface area contributed by atoms with Gasteiger partial charge in [0.15, 0.2) is 0 Å². The van der Waals surface area contributed by atoms with Crippen LogP contribution in [0.25, 0.3) is 0 Å². The highest BCUT2D eigenvalue weighted by molar-refractivity contribution is 5.31. The van der Waals surface area contributed by atoms with Gasteiger partial charge in [-0.1, -0.05) is 79.2 Å². The molecule has 3 heteroatoms. The van der Waals surface area contributed by atoms with Gasteiger partial charge in [-0.25, -0.2) is 4.39 Å². The Morgan fingerprint density at radius 1 is 0.906 bits per heavy atom. The molecule has 1 aliphatic carbocycles. The Bertz CT molecular complexity index is 672. The summed E-state index contributed by atoms with van der Waals surface area (Å²) >= 11 is 0. The summed E-state index contributed by atoms with van der Waals surface area (Å²) in [5, 5.41) is 17.9. The van der Waals surface area contributed by atoms with Crippen molar-refractivity contribution < 1.29 is 14.6 Å². The van der Waals surface area contributed by atoms with Gasteiger partial charge in [-0.2, -0.15) is 0 Å². The number of benzene rings is 2. The number of para-hydroxylation sites is 1. The number of hydrogen-bond acceptors (Lipinski definition) is 2. The molecule has 1 aliphatic rings. The second-order valence-corrected chi connectivity index (χ2v) is 8.79. The minimum Gasteiger partial charge on any atom is -0.508 e. The average Bonchev–Trinajstić information content (AvgIpc) is 3.20. The molecule has 0 amide bonds. The highest BCUT2D eigenvalue weighted by atomic mass is 19.1. The van der Waals surface area contributed by atoms with Crippen molar-refractivity contribution in [2.45, 2.75) is 101 Å². The summed E-state index contributed by atoms with van der Waals surface area (Å²) in [6.45, 7) is 18.4. The van der Waals surface area contributed by atoms with E-state index in [9.17, 15) is 4.39 Å². The van der Waals surface area contributed by atoms with Crippen molar-refractivity contribution >= 4 is 0 Å². The van der Waals surface area contributed by atoms with Crippen LogP contribution in [0.1, 0.15) is 91.3 Å². The molecule has 0 saturated heterocycles. The van der Waals surface area contributed by atoms with Gasteiger partial charge < -0.3 is 10.2 Å². The summed E-state index contributed by atoms with van der Waals surface area (Å²) in [5.41, 5.74) is 3.47. The molecule has 3 rings (SSSR count). The monoisotopic (exact) mass is 448 g/mol. The number of aliphatic hydroxyl groups excluding tert-OH is 1. The van der Waals surface area contributed by atoms with Gasteiger partial charge in [0, 0.05) is 0 Å². The van der Waals surface area contributed by atoms with Crippen LogP contribution < -0.4 is 0 Å². The minimum atomic E-state index is -0.130. The Morgan fingerprint density at radius 2 is 1.44 bits per heavy atom. The molecule has 2 atom stereocenters. The van der Waals surface area contributed by atoms with Crippen LogP contribution in [-0.4, -0.2) is 16.3 Å². The number of halogens is 1. The van der Waals surface area contributed by atoms with E-state index < -0.39 is 0 Å². The summed E-state index contributed by atoms with van der Waals surface area (Å²) < 4.78 is 12.6. The summed E-state index contributed by atoms with van der Waals surface area (Å²) in [5.74, 6) is 1.58. The predicted molar refractivity (Wildman–Crippen MR) is 139 cm³/mol. The lowest BCUT2D eigenvalue weighted by Crippen LogP contribution is -2.11. The van der Waals surface area contributed by atoms with Crippen molar-refractivity contribution in [3.63, 3.8) is 0 Å². The van der Waals surface area contributed by atoms with Crippen LogP contribution in [0.2, 0.25) is 0 Å². The number of hydrogen-bond donors (Lipinski definition) is 2. The summed E-state index contributed by atoms with van der Waals surface area (Å²) in [6, 6.07) is 12.4. The Balaban J connectivity index is 0. The summed E-state index contributed by atoms with van der Waals surface area (Å²) in [6.07, 6.45) is 5.57. The molecule has 2 aromatic carbocycles. The highest BCUT2D eigenvalue weighted by Crippen LogP contribution is 2.21. The molecule has 0 saturated carbocycles. The molecule has 0 heterocycles. The molecule has 2 aromatic rings. The van der Waals surface area contributed by atoms with Crippen LogP contribution in [0.4, 0.5) is 4.39 Å². The van der Waals surface area contributed by atoms with E-state index in [0.717, 1.165) is 30.7 Å². The van der Waals surface area contributed by atoms with Gasteiger partial charge >= 0.3 is 0 Å². The third-order valence-corrected chi connectivity index (χ3v) is 4.74. The molecule has 0 fully saturated rings. The highest BCUT2D eigenvalue weighted by Gasteiger charge is 2.09. The zero-order valence-electron chi connectivity index (χ0n) is 22.1. The van der Waals surface area contributed by atoms with Gasteiger partial charge in [0.25, 0.3) is 0 Å². The molecule has 0 radical (unpaired) electrons. The first-order valence-corrected chi connectivity index (χ1v) is 12.3. The zero-order valence-corrected chi connectivity index (χ0v) is 22.1. The van der Waals surface area contributed by atoms with E-state index in [1.807, 2.05) is 52.0 Å². The molecule has 0 spiro atoms. The Morgan fingerprint density at radius 3 is 1.84 bits per heavy atom. The topological polar surface area (TPSA) is 40.5 Å². The molecular weight excluding hydrogens is 399 g/mol. The number of rotatable bonds is 3. The van der Waals surface area contributed by atoms with Gasteiger partial charge in [-0.3, -0.25) is 0 Å². The van der Waals surface area contributed by atoms with E-state index in [1.165, 1.54) is 24.0 Å². The summed E-state index contributed by atoms with van der Waals surface area (Å²) in [4.78, 5) is 0. The van der Waals surface area contributed by atoms with Crippen LogP contribution >= 0.6 is 0 Å². The fourth-order valence-electron chi connectivity index (χ4n) is 2.80. The smallest absolute Gasteiger partial charge is 0.123 e. The van der Waals surface area contributed by atoms with E-state index in [2.05, 4.69) is 34.6 Å². The quantitative estimate of drug-likeness (QED) is 0.494. The van der Waals surface area contributed by atoms with Gasteiger partial charge in [0.05, 0.1) is 6.10 Å². The number of fused-ring (bicyclic) bond motifs is 1. The van der Waals surface area contributed by atoms with Gasteiger partial charge in [-0.05, 0) is 86.3 Å². The Labute approximate surface area is 197 Å². The van der Waals surface area contributed by atoms with Crippen molar-refractivity contribution in [2.75, 3.05) is 0 Å². The van der Waals surface area contributed by atoms with Crippen LogP contribution in [0.5, 0.6) is 5.75 Å². The molecule has 32 heavy (non-hydrogen) atoms. The van der Waals surface area contributed by atoms with E-state index in [1.54, 1.807) is 18.2 Å². The number of phenolic OH excluding ortho intramolecular Hbond substituents is 1. The average molecular weight is 449 g/mol. The van der Waals surface area contributed by atoms with E-state index >= 15 is 0 Å². The van der Waals surface area contributed by atoms with Gasteiger partial charge in [0.1, 0.15) is 11.6 Å². The molecule has 2 unspecified atom stereocenters. The first-order chi connectivity index (χ1) is 15.1. The maximum atomic E-state index is 12.6. The largest absolute Gasteiger partial charge is 0.508 e. The first kappa shape index (κ1) is 32.3. The van der Waals surface area contributed by atoms with Crippen molar-refractivity contribution in [2.24, 2.45) is 11.8 Å². The number of aliphatic hydroxyl groups is 1. The second kappa shape index (κ2) is 19.8. The van der Waals surface area contributed by atoms with E-state index in [0.29, 0.717) is 11.7 Å². The van der Waals surface area contributed by atoms with Crippen molar-refractivity contribution in [3.05, 3.63) is 65.0 Å². The third kappa shape index (κ3) is 16.8. The molecule has 2 nitrogen and oxygen atoms in total. The molecular formula is C29H49FO2. The first-order valence-electron chi connectivity index (χ1n) is 12.3. The molecule has 0 bridgehead atoms. The van der Waals surface area contributed by atoms with Gasteiger partial charge in [-0.15, -0.1) is 0 Å². The van der Waals surface area contributed by atoms with Crippen LogP contribution in [0, 0.1) is 24.6 Å². The minimum absolute atomic E-state index is 0.0966. The maximum Gasteiger partial charge on any atom is 0.123 e. The number of phenols is 1. The molecule has 0 aliphatic heterocycles. The Hall–Kier alpha value is -1.87. The van der Waals surface area contributed by atoms with Crippen molar-refractivity contribution in [1.82, 2.24) is 0 Å². The van der Waals surface area contributed by atoms with Crippen LogP contribution in [0.3, 0.4) is 0 Å². The lowest BCUT2D eigenvalue weighted by atomic mass is 10.0. The zero-order chi connectivity index (χ0) is 25.1. The fourth-order valence-corrected chi connectivity index (χ4v) is 2.80. The van der Waals surface area contributed by atoms with Crippen LogP contribution in [0.15, 0.2) is 42.5 Å². The number of aromatic hydroxyl groups is 1. The fraction of sp³-hybridized carbons (Fsp3) is 0.586. The van der Waals surface area contributed by atoms with Crippen LogP contribution in [-0.2, 0) is 12.8 Å². The standard InChI is InChI=1S/C9H9F.C7H8O.C7H16O.C4H10.C2H6/c10-9-5-4-7-2-1-3-8(7)6-9;1-6-4-2-3-5-7(6)8;1-4-5-6(2)7(3)8;1-4(2)3;1-2/h4-6H,1-3H2;2-5,8H,1H3;6-8H,4-5H2,1-3H3;4H,1-3H3;1-2H3. The van der Waals surface area contributed by atoms with Crippen molar-refractivity contribution in [1.29, 1.82) is 0 Å². The number of aryl methyl sites for hydroxylation is 3. The second-order valence-electron chi connectivity index (χ2n) is 8.79. The molecule has 2 N–H and O–H groups in total. The summed E-state index contributed by atoms with van der Waals surface area (Å²) in [7, 11) is 0. The van der Waals surface area contributed by atoms with E-state index in [-0.39, 0.29) is 11.9 Å². The lowest BCUT2D eigenvalue weighted by Gasteiger charge is -2.11. The van der Waals surface area contributed by atoms with Gasteiger partial charge in [0.2, 0.25) is 0 Å². The molecule has 0 aromatic heterocycles. The third-order valence-electron chi connectivity index (χ3n) is 4.74. The maximum absolute atomic E-state index is 12.6. The molecule has 184 valence electrons. The predicted octanol–water partition coefficient (Wildman–Crippen LogP) is 8.51.